The van der Waals surface area contributed by atoms with E-state index in [0.717, 1.165) is 32.1 Å². The van der Waals surface area contributed by atoms with Gasteiger partial charge in [-0.2, -0.15) is 0 Å². The van der Waals surface area contributed by atoms with Gasteiger partial charge in [-0.3, -0.25) is 14.5 Å². The van der Waals surface area contributed by atoms with Crippen LogP contribution >= 0.6 is 0 Å². The maximum Gasteiger partial charge on any atom is 0.232 e. The van der Waals surface area contributed by atoms with Crippen molar-refractivity contribution in [1.29, 1.82) is 0 Å². The summed E-state index contributed by atoms with van der Waals surface area (Å²) in [5.41, 5.74) is 1.25. The standard InChI is InChI=1S/C19H25NO3/c1-14-13-18(21)20(19(14)22)16-9-5-6-10-17(16)23-12-11-15-7-3-2-4-8-15/h2-4,7-8,14,16-17H,5-6,9-13H2,1H3/t14?,16-,17-/m0/s1. The molecule has 3 atom stereocenters. The zero-order chi connectivity index (χ0) is 16.2. The molecule has 0 bridgehead atoms. The number of nitrogens with zero attached hydrogens (tertiary/aromatic N) is 1. The van der Waals surface area contributed by atoms with Gasteiger partial charge in [-0.25, -0.2) is 0 Å². The zero-order valence-corrected chi connectivity index (χ0v) is 13.7. The van der Waals surface area contributed by atoms with Gasteiger partial charge in [-0.15, -0.1) is 0 Å². The second-order valence-corrected chi connectivity index (χ2v) is 6.70. The van der Waals surface area contributed by atoms with Crippen molar-refractivity contribution in [3.63, 3.8) is 0 Å². The number of carbonyl (C=O) groups is 2. The van der Waals surface area contributed by atoms with E-state index in [0.29, 0.717) is 13.0 Å². The molecule has 124 valence electrons. The Bertz CT molecular complexity index is 557. The van der Waals surface area contributed by atoms with Crippen molar-refractivity contribution in [3.05, 3.63) is 35.9 Å². The highest BCUT2D eigenvalue weighted by atomic mass is 16.5. The van der Waals surface area contributed by atoms with Crippen molar-refractivity contribution in [3.8, 4) is 0 Å². The highest BCUT2D eigenvalue weighted by Crippen LogP contribution is 2.31. The third kappa shape index (κ3) is 3.63. The fourth-order valence-corrected chi connectivity index (χ4v) is 3.70. The van der Waals surface area contributed by atoms with Crippen LogP contribution in [-0.4, -0.2) is 35.5 Å². The van der Waals surface area contributed by atoms with Crippen LogP contribution in [0.2, 0.25) is 0 Å². The van der Waals surface area contributed by atoms with E-state index in [1.807, 2.05) is 25.1 Å². The lowest BCUT2D eigenvalue weighted by atomic mass is 9.91. The fraction of sp³-hybridized carbons (Fsp3) is 0.579. The second kappa shape index (κ2) is 7.26. The summed E-state index contributed by atoms with van der Waals surface area (Å²) in [6.07, 6.45) is 5.19. The summed E-state index contributed by atoms with van der Waals surface area (Å²) in [6.45, 7) is 2.48. The number of likely N-dealkylation sites (tertiary alicyclic amines) is 1. The molecule has 0 radical (unpaired) electrons. The number of hydrogen-bond donors (Lipinski definition) is 0. The predicted octanol–water partition coefficient (Wildman–Crippen LogP) is 2.95. The summed E-state index contributed by atoms with van der Waals surface area (Å²) >= 11 is 0. The Morgan fingerprint density at radius 2 is 1.87 bits per heavy atom. The summed E-state index contributed by atoms with van der Waals surface area (Å²) in [7, 11) is 0. The molecular weight excluding hydrogens is 290 g/mol. The lowest BCUT2D eigenvalue weighted by molar-refractivity contribution is -0.147. The third-order valence-electron chi connectivity index (χ3n) is 4.97. The Hall–Kier alpha value is -1.68. The molecule has 23 heavy (non-hydrogen) atoms. The summed E-state index contributed by atoms with van der Waals surface area (Å²) < 4.78 is 6.10. The van der Waals surface area contributed by atoms with Crippen LogP contribution in [0, 0.1) is 5.92 Å². The maximum absolute atomic E-state index is 12.3. The minimum Gasteiger partial charge on any atom is -0.376 e. The summed E-state index contributed by atoms with van der Waals surface area (Å²) in [4.78, 5) is 26.0. The molecule has 1 aromatic carbocycles. The van der Waals surface area contributed by atoms with Crippen LogP contribution < -0.4 is 0 Å². The zero-order valence-electron chi connectivity index (χ0n) is 13.7. The first-order chi connectivity index (χ1) is 11.2. The van der Waals surface area contributed by atoms with Crippen LogP contribution in [0.25, 0.3) is 0 Å². The third-order valence-corrected chi connectivity index (χ3v) is 4.97. The van der Waals surface area contributed by atoms with Crippen molar-refractivity contribution in [2.24, 2.45) is 5.92 Å². The fourth-order valence-electron chi connectivity index (χ4n) is 3.70. The number of hydrogen-bond acceptors (Lipinski definition) is 3. The quantitative estimate of drug-likeness (QED) is 0.785. The second-order valence-electron chi connectivity index (χ2n) is 6.70. The minimum atomic E-state index is -0.172. The Balaban J connectivity index is 1.60. The molecule has 1 unspecified atom stereocenters. The molecule has 3 rings (SSSR count). The predicted molar refractivity (Wildman–Crippen MR) is 87.8 cm³/mol. The highest BCUT2D eigenvalue weighted by molar-refractivity contribution is 6.03. The van der Waals surface area contributed by atoms with Gasteiger partial charge in [0.25, 0.3) is 0 Å². The van der Waals surface area contributed by atoms with Crippen molar-refractivity contribution in [2.45, 2.75) is 57.6 Å². The van der Waals surface area contributed by atoms with Gasteiger partial charge in [0.1, 0.15) is 0 Å². The molecule has 0 aromatic heterocycles. The number of rotatable bonds is 5. The first-order valence-electron chi connectivity index (χ1n) is 8.68. The summed E-state index contributed by atoms with van der Waals surface area (Å²) in [5, 5.41) is 0. The Morgan fingerprint density at radius 1 is 1.13 bits per heavy atom. The van der Waals surface area contributed by atoms with Crippen LogP contribution in [-0.2, 0) is 20.7 Å². The Morgan fingerprint density at radius 3 is 2.57 bits per heavy atom. The summed E-state index contributed by atoms with van der Waals surface area (Å²) in [6, 6.07) is 10.2. The van der Waals surface area contributed by atoms with Gasteiger partial charge < -0.3 is 4.74 Å². The number of ether oxygens (including phenoxy) is 1. The van der Waals surface area contributed by atoms with Crippen molar-refractivity contribution >= 4 is 11.8 Å². The van der Waals surface area contributed by atoms with Crippen molar-refractivity contribution < 1.29 is 14.3 Å². The van der Waals surface area contributed by atoms with E-state index in [9.17, 15) is 9.59 Å². The SMILES string of the molecule is CC1CC(=O)N([C@H]2CCCC[C@@H]2OCCc2ccccc2)C1=O. The van der Waals surface area contributed by atoms with E-state index in [2.05, 4.69) is 12.1 Å². The van der Waals surface area contributed by atoms with E-state index in [-0.39, 0.29) is 29.9 Å². The van der Waals surface area contributed by atoms with Crippen LogP contribution in [0.1, 0.15) is 44.6 Å². The molecule has 2 amide bonds. The highest BCUT2D eigenvalue weighted by Gasteiger charge is 2.43. The molecule has 4 nitrogen and oxygen atoms in total. The lowest BCUT2D eigenvalue weighted by Gasteiger charge is -2.36. The molecule has 1 saturated heterocycles. The first kappa shape index (κ1) is 16.2. The molecule has 2 fully saturated rings. The van der Waals surface area contributed by atoms with E-state index in [1.165, 1.54) is 10.5 Å². The Kier molecular flexibility index (Phi) is 5.11. The van der Waals surface area contributed by atoms with E-state index >= 15 is 0 Å². The van der Waals surface area contributed by atoms with Crippen LogP contribution in [0.4, 0.5) is 0 Å². The van der Waals surface area contributed by atoms with Crippen molar-refractivity contribution in [2.75, 3.05) is 6.61 Å². The molecule has 1 aliphatic carbocycles. The Labute approximate surface area is 137 Å². The minimum absolute atomic E-state index is 0.00865. The molecule has 1 aromatic rings. The summed E-state index contributed by atoms with van der Waals surface area (Å²) in [5.74, 6) is -0.209. The van der Waals surface area contributed by atoms with Gasteiger partial charge in [0, 0.05) is 12.3 Å². The maximum atomic E-state index is 12.3. The van der Waals surface area contributed by atoms with Gasteiger partial charge in [-0.05, 0) is 24.8 Å². The van der Waals surface area contributed by atoms with Crippen LogP contribution in [0.5, 0.6) is 0 Å². The molecule has 0 spiro atoms. The molecule has 1 heterocycles. The van der Waals surface area contributed by atoms with Crippen LogP contribution in [0.3, 0.4) is 0 Å². The molecular formula is C19H25NO3. The number of carbonyl (C=O) groups excluding carboxylic acids is 2. The van der Waals surface area contributed by atoms with Gasteiger partial charge in [0.05, 0.1) is 18.8 Å². The normalized spacial score (nSPS) is 28.4. The molecule has 2 aliphatic rings. The van der Waals surface area contributed by atoms with E-state index in [4.69, 9.17) is 4.74 Å². The first-order valence-corrected chi connectivity index (χ1v) is 8.68. The number of amides is 2. The van der Waals surface area contributed by atoms with E-state index in [1.54, 1.807) is 0 Å². The van der Waals surface area contributed by atoms with Crippen molar-refractivity contribution in [1.82, 2.24) is 4.90 Å². The average molecular weight is 315 g/mol. The average Bonchev–Trinajstić information content (AvgIpc) is 2.82. The number of imide groups is 1. The molecule has 0 N–H and O–H groups in total. The van der Waals surface area contributed by atoms with Crippen LogP contribution in [0.15, 0.2) is 30.3 Å². The number of benzene rings is 1. The van der Waals surface area contributed by atoms with Gasteiger partial charge >= 0.3 is 0 Å². The largest absolute Gasteiger partial charge is 0.376 e. The van der Waals surface area contributed by atoms with Gasteiger partial charge in [-0.1, -0.05) is 50.1 Å². The molecule has 1 aliphatic heterocycles. The monoisotopic (exact) mass is 315 g/mol. The molecule has 4 heteroatoms. The van der Waals surface area contributed by atoms with Gasteiger partial charge in [0.2, 0.25) is 11.8 Å². The van der Waals surface area contributed by atoms with Gasteiger partial charge in [0.15, 0.2) is 0 Å². The van der Waals surface area contributed by atoms with E-state index < -0.39 is 0 Å². The molecule has 1 saturated carbocycles. The lowest BCUT2D eigenvalue weighted by Crippen LogP contribution is -2.49. The smallest absolute Gasteiger partial charge is 0.232 e. The topological polar surface area (TPSA) is 46.6 Å².